The number of hydrogen-bond donors (Lipinski definition) is 1. The van der Waals surface area contributed by atoms with Gasteiger partial charge in [-0.2, -0.15) is 0 Å². The van der Waals surface area contributed by atoms with E-state index >= 15 is 0 Å². The van der Waals surface area contributed by atoms with Gasteiger partial charge in [-0.3, -0.25) is 9.59 Å². The number of nitrogens with zero attached hydrogens (tertiary/aromatic N) is 2. The number of benzene rings is 2. The van der Waals surface area contributed by atoms with Gasteiger partial charge in [0.2, 0.25) is 0 Å². The van der Waals surface area contributed by atoms with Gasteiger partial charge in [-0.1, -0.05) is 0 Å². The van der Waals surface area contributed by atoms with Gasteiger partial charge in [0, 0.05) is 56.1 Å². The lowest BCUT2D eigenvalue weighted by atomic mass is 10.0. The van der Waals surface area contributed by atoms with Crippen LogP contribution in [-0.4, -0.2) is 64.2 Å². The molecule has 1 N–H and O–H groups in total. The third-order valence-corrected chi connectivity index (χ3v) is 5.36. The summed E-state index contributed by atoms with van der Waals surface area (Å²) in [6.07, 6.45) is 1.43. The van der Waals surface area contributed by atoms with Gasteiger partial charge in [-0.25, -0.2) is 0 Å². The zero-order valence-electron chi connectivity index (χ0n) is 18.0. The van der Waals surface area contributed by atoms with Crippen LogP contribution < -0.4 is 19.7 Å². The summed E-state index contributed by atoms with van der Waals surface area (Å²) in [6.45, 7) is 1.17. The van der Waals surface area contributed by atoms with Gasteiger partial charge in [0.25, 0.3) is 11.8 Å². The van der Waals surface area contributed by atoms with Crippen molar-refractivity contribution in [2.75, 3.05) is 46.3 Å². The second kappa shape index (κ2) is 9.52. The quantitative estimate of drug-likeness (QED) is 0.792. The Morgan fingerprint density at radius 1 is 0.933 bits per heavy atom. The third kappa shape index (κ3) is 5.03. The predicted molar refractivity (Wildman–Crippen MR) is 117 cm³/mol. The SMILES string of the molecule is COc1cc(OC)cc(C(=O)N2CCC(NC(=O)c3ccc(N(C)C)cc3)CC2)c1. The summed E-state index contributed by atoms with van der Waals surface area (Å²) in [7, 11) is 7.05. The molecule has 30 heavy (non-hydrogen) atoms. The fourth-order valence-corrected chi connectivity index (χ4v) is 3.52. The molecule has 0 radical (unpaired) electrons. The van der Waals surface area contributed by atoms with Crippen LogP contribution in [0.3, 0.4) is 0 Å². The van der Waals surface area contributed by atoms with Gasteiger partial charge in [0.15, 0.2) is 0 Å². The molecule has 2 aromatic carbocycles. The van der Waals surface area contributed by atoms with Crippen molar-refractivity contribution in [3.05, 3.63) is 53.6 Å². The Hall–Kier alpha value is -3.22. The van der Waals surface area contributed by atoms with Crippen molar-refractivity contribution in [3.63, 3.8) is 0 Å². The molecule has 1 fully saturated rings. The van der Waals surface area contributed by atoms with Crippen LogP contribution in [0, 0.1) is 0 Å². The standard InChI is InChI=1S/C23H29N3O4/c1-25(2)19-7-5-16(6-8-19)22(27)24-18-9-11-26(12-10-18)23(28)17-13-20(29-3)15-21(14-17)30-4/h5-8,13-15,18H,9-12H2,1-4H3,(H,24,27). The normalized spacial score (nSPS) is 14.2. The lowest BCUT2D eigenvalue weighted by Crippen LogP contribution is -2.46. The van der Waals surface area contributed by atoms with Crippen LogP contribution in [0.4, 0.5) is 5.69 Å². The molecular formula is C23H29N3O4. The molecule has 1 saturated heterocycles. The zero-order valence-corrected chi connectivity index (χ0v) is 18.0. The highest BCUT2D eigenvalue weighted by molar-refractivity contribution is 5.96. The van der Waals surface area contributed by atoms with E-state index in [1.165, 1.54) is 0 Å². The fraction of sp³-hybridized carbons (Fsp3) is 0.391. The first-order valence-electron chi connectivity index (χ1n) is 10.0. The molecule has 1 heterocycles. The van der Waals surface area contributed by atoms with E-state index in [-0.39, 0.29) is 17.9 Å². The minimum atomic E-state index is -0.0809. The van der Waals surface area contributed by atoms with E-state index in [1.807, 2.05) is 48.2 Å². The van der Waals surface area contributed by atoms with Crippen LogP contribution in [0.1, 0.15) is 33.6 Å². The van der Waals surface area contributed by atoms with Crippen LogP contribution >= 0.6 is 0 Å². The van der Waals surface area contributed by atoms with Crippen LogP contribution in [0.15, 0.2) is 42.5 Å². The lowest BCUT2D eigenvalue weighted by molar-refractivity contribution is 0.0697. The molecule has 7 heteroatoms. The Morgan fingerprint density at radius 3 is 2.00 bits per heavy atom. The minimum Gasteiger partial charge on any atom is -0.497 e. The molecule has 0 saturated carbocycles. The summed E-state index contributed by atoms with van der Waals surface area (Å²) in [6, 6.07) is 12.8. The van der Waals surface area contributed by atoms with E-state index in [1.54, 1.807) is 32.4 Å². The number of likely N-dealkylation sites (tertiary alicyclic amines) is 1. The van der Waals surface area contributed by atoms with E-state index in [0.717, 1.165) is 5.69 Å². The highest BCUT2D eigenvalue weighted by Gasteiger charge is 2.25. The van der Waals surface area contributed by atoms with Gasteiger partial charge in [0.05, 0.1) is 14.2 Å². The number of carbonyl (C=O) groups is 2. The number of methoxy groups -OCH3 is 2. The van der Waals surface area contributed by atoms with Crippen molar-refractivity contribution >= 4 is 17.5 Å². The highest BCUT2D eigenvalue weighted by atomic mass is 16.5. The van der Waals surface area contributed by atoms with Crippen LogP contribution in [0.25, 0.3) is 0 Å². The van der Waals surface area contributed by atoms with Crippen molar-refractivity contribution in [2.45, 2.75) is 18.9 Å². The number of amides is 2. The fourth-order valence-electron chi connectivity index (χ4n) is 3.52. The van der Waals surface area contributed by atoms with Gasteiger partial charge >= 0.3 is 0 Å². The Bertz CT molecular complexity index is 866. The molecule has 160 valence electrons. The second-order valence-corrected chi connectivity index (χ2v) is 7.58. The Kier molecular flexibility index (Phi) is 6.82. The summed E-state index contributed by atoms with van der Waals surface area (Å²) in [5.74, 6) is 1.03. The average Bonchev–Trinajstić information content (AvgIpc) is 2.78. The molecule has 7 nitrogen and oxygen atoms in total. The summed E-state index contributed by atoms with van der Waals surface area (Å²) in [5.41, 5.74) is 2.23. The Labute approximate surface area is 177 Å². The van der Waals surface area contributed by atoms with Crippen molar-refractivity contribution in [1.29, 1.82) is 0 Å². The van der Waals surface area contributed by atoms with E-state index < -0.39 is 0 Å². The Morgan fingerprint density at radius 2 is 1.50 bits per heavy atom. The maximum Gasteiger partial charge on any atom is 0.254 e. The molecule has 0 atom stereocenters. The molecule has 3 rings (SSSR count). The number of hydrogen-bond acceptors (Lipinski definition) is 5. The number of carbonyl (C=O) groups excluding carboxylic acids is 2. The maximum absolute atomic E-state index is 12.9. The summed E-state index contributed by atoms with van der Waals surface area (Å²) >= 11 is 0. The smallest absolute Gasteiger partial charge is 0.254 e. The summed E-state index contributed by atoms with van der Waals surface area (Å²) in [5, 5.41) is 3.09. The van der Waals surface area contributed by atoms with Gasteiger partial charge in [-0.05, 0) is 49.2 Å². The molecule has 1 aliphatic rings. The topological polar surface area (TPSA) is 71.1 Å². The number of rotatable bonds is 6. The van der Waals surface area contributed by atoms with E-state index in [9.17, 15) is 9.59 Å². The summed E-state index contributed by atoms with van der Waals surface area (Å²) in [4.78, 5) is 29.2. The molecule has 0 bridgehead atoms. The zero-order chi connectivity index (χ0) is 21.7. The van der Waals surface area contributed by atoms with Crippen molar-refractivity contribution in [3.8, 4) is 11.5 Å². The minimum absolute atomic E-state index is 0.0509. The largest absolute Gasteiger partial charge is 0.497 e. The molecule has 1 aliphatic heterocycles. The number of nitrogens with one attached hydrogen (secondary N) is 1. The molecule has 2 amide bonds. The molecule has 2 aromatic rings. The van der Waals surface area contributed by atoms with Crippen LogP contribution in [0.2, 0.25) is 0 Å². The highest BCUT2D eigenvalue weighted by Crippen LogP contribution is 2.24. The van der Waals surface area contributed by atoms with Crippen LogP contribution in [0.5, 0.6) is 11.5 Å². The number of piperidine rings is 1. The maximum atomic E-state index is 12.9. The number of ether oxygens (including phenoxy) is 2. The molecule has 0 aromatic heterocycles. The second-order valence-electron chi connectivity index (χ2n) is 7.58. The van der Waals surface area contributed by atoms with Gasteiger partial charge in [-0.15, -0.1) is 0 Å². The number of anilines is 1. The van der Waals surface area contributed by atoms with Gasteiger partial charge in [0.1, 0.15) is 11.5 Å². The van der Waals surface area contributed by atoms with Crippen molar-refractivity contribution in [2.24, 2.45) is 0 Å². The first kappa shape index (κ1) is 21.5. The van der Waals surface area contributed by atoms with Gasteiger partial charge < -0.3 is 24.6 Å². The molecule has 0 unspecified atom stereocenters. The van der Waals surface area contributed by atoms with Crippen LogP contribution in [-0.2, 0) is 0 Å². The first-order chi connectivity index (χ1) is 14.4. The van der Waals surface area contributed by atoms with E-state index in [2.05, 4.69) is 5.32 Å². The third-order valence-electron chi connectivity index (χ3n) is 5.36. The van der Waals surface area contributed by atoms with E-state index in [4.69, 9.17) is 9.47 Å². The molecule has 0 aliphatic carbocycles. The predicted octanol–water partition coefficient (Wildman–Crippen LogP) is 2.80. The Balaban J connectivity index is 1.56. The summed E-state index contributed by atoms with van der Waals surface area (Å²) < 4.78 is 10.5. The lowest BCUT2D eigenvalue weighted by Gasteiger charge is -2.32. The van der Waals surface area contributed by atoms with Crippen molar-refractivity contribution in [1.82, 2.24) is 10.2 Å². The first-order valence-corrected chi connectivity index (χ1v) is 10.0. The van der Waals surface area contributed by atoms with E-state index in [0.29, 0.717) is 48.6 Å². The monoisotopic (exact) mass is 411 g/mol. The van der Waals surface area contributed by atoms with Crippen molar-refractivity contribution < 1.29 is 19.1 Å². The average molecular weight is 412 g/mol. The molecule has 0 spiro atoms. The molecular weight excluding hydrogens is 382 g/mol.